The van der Waals surface area contributed by atoms with E-state index in [1.165, 1.54) is 0 Å². The second-order valence-corrected chi connectivity index (χ2v) is 3.79. The predicted molar refractivity (Wildman–Crippen MR) is 65.2 cm³/mol. The third-order valence-electron chi connectivity index (χ3n) is 2.19. The van der Waals surface area contributed by atoms with Crippen molar-refractivity contribution < 1.29 is 0 Å². The summed E-state index contributed by atoms with van der Waals surface area (Å²) in [5.41, 5.74) is 1.81. The van der Waals surface area contributed by atoms with Gasteiger partial charge in [-0.05, 0) is 25.2 Å². The number of benzene rings is 1. The minimum Gasteiger partial charge on any atom is -0.314 e. The molecule has 4 heteroatoms. The minimum atomic E-state index is 0.665. The number of nitrogens with zero attached hydrogens (tertiary/aromatic N) is 2. The van der Waals surface area contributed by atoms with Gasteiger partial charge in [-0.15, -0.1) is 0 Å². The van der Waals surface area contributed by atoms with E-state index in [0.717, 1.165) is 17.8 Å². The zero-order valence-electron chi connectivity index (χ0n) is 8.94. The van der Waals surface area contributed by atoms with E-state index in [1.54, 1.807) is 6.20 Å². The average molecular weight is 234 g/mol. The Morgan fingerprint density at radius 3 is 2.81 bits per heavy atom. The van der Waals surface area contributed by atoms with Gasteiger partial charge in [0, 0.05) is 18.3 Å². The summed E-state index contributed by atoms with van der Waals surface area (Å²) in [6, 6.07) is 9.46. The Morgan fingerprint density at radius 2 is 2.06 bits per heavy atom. The molecule has 0 bridgehead atoms. The van der Waals surface area contributed by atoms with E-state index in [0.29, 0.717) is 10.8 Å². The molecule has 0 spiro atoms. The first-order valence-corrected chi connectivity index (χ1v) is 5.40. The van der Waals surface area contributed by atoms with E-state index in [2.05, 4.69) is 15.3 Å². The first kappa shape index (κ1) is 11.0. The number of rotatable bonds is 3. The number of hydrogen-bond acceptors (Lipinski definition) is 3. The lowest BCUT2D eigenvalue weighted by Crippen LogP contribution is -2.07. The van der Waals surface area contributed by atoms with Gasteiger partial charge in [-0.3, -0.25) is 0 Å². The fourth-order valence-electron chi connectivity index (χ4n) is 1.45. The molecule has 3 nitrogen and oxygen atoms in total. The molecule has 1 aromatic carbocycles. The molecule has 2 aromatic rings. The number of halogens is 1. The molecule has 0 fully saturated rings. The van der Waals surface area contributed by atoms with Crippen LogP contribution in [0.25, 0.3) is 11.4 Å². The summed E-state index contributed by atoms with van der Waals surface area (Å²) in [7, 11) is 1.89. The van der Waals surface area contributed by atoms with Crippen LogP contribution in [0.4, 0.5) is 0 Å². The van der Waals surface area contributed by atoms with Crippen LogP contribution in [0.3, 0.4) is 0 Å². The van der Waals surface area contributed by atoms with Gasteiger partial charge in [-0.25, -0.2) is 9.97 Å². The lowest BCUT2D eigenvalue weighted by Gasteiger charge is -2.04. The van der Waals surface area contributed by atoms with Crippen molar-refractivity contribution in [3.05, 3.63) is 47.2 Å². The first-order valence-electron chi connectivity index (χ1n) is 5.02. The quantitative estimate of drug-likeness (QED) is 0.885. The Kier molecular flexibility index (Phi) is 3.49. The van der Waals surface area contributed by atoms with E-state index < -0.39 is 0 Å². The first-order chi connectivity index (χ1) is 7.81. The summed E-state index contributed by atoms with van der Waals surface area (Å²) in [6.45, 7) is 0.722. The van der Waals surface area contributed by atoms with Crippen LogP contribution in [0, 0.1) is 0 Å². The maximum Gasteiger partial charge on any atom is 0.160 e. The lowest BCUT2D eigenvalue weighted by atomic mass is 10.2. The van der Waals surface area contributed by atoms with Gasteiger partial charge in [0.1, 0.15) is 0 Å². The van der Waals surface area contributed by atoms with Crippen LogP contribution in [0.15, 0.2) is 36.5 Å². The van der Waals surface area contributed by atoms with Gasteiger partial charge in [0.25, 0.3) is 0 Å². The summed E-state index contributed by atoms with van der Waals surface area (Å²) < 4.78 is 0. The van der Waals surface area contributed by atoms with Crippen molar-refractivity contribution in [2.45, 2.75) is 6.54 Å². The van der Waals surface area contributed by atoms with Gasteiger partial charge >= 0.3 is 0 Å². The van der Waals surface area contributed by atoms with Crippen molar-refractivity contribution >= 4 is 11.6 Å². The largest absolute Gasteiger partial charge is 0.314 e. The Bertz CT molecular complexity index is 485. The van der Waals surface area contributed by atoms with Crippen LogP contribution in [0.5, 0.6) is 0 Å². The molecule has 0 saturated heterocycles. The lowest BCUT2D eigenvalue weighted by molar-refractivity contribution is 0.788. The van der Waals surface area contributed by atoms with Crippen LogP contribution in [0.1, 0.15) is 5.69 Å². The second-order valence-electron chi connectivity index (χ2n) is 3.38. The van der Waals surface area contributed by atoms with Gasteiger partial charge < -0.3 is 5.32 Å². The Balaban J connectivity index is 2.40. The number of nitrogens with one attached hydrogen (secondary N) is 1. The molecule has 0 radical (unpaired) electrons. The van der Waals surface area contributed by atoms with Crippen molar-refractivity contribution in [2.24, 2.45) is 0 Å². The number of hydrogen-bond donors (Lipinski definition) is 1. The molecular formula is C12H12ClN3. The van der Waals surface area contributed by atoms with Gasteiger partial charge in [0.05, 0.1) is 10.7 Å². The van der Waals surface area contributed by atoms with Crippen molar-refractivity contribution in [3.63, 3.8) is 0 Å². The van der Waals surface area contributed by atoms with Gasteiger partial charge in [-0.2, -0.15) is 0 Å². The topological polar surface area (TPSA) is 37.8 Å². The van der Waals surface area contributed by atoms with Crippen LogP contribution in [-0.2, 0) is 6.54 Å². The third-order valence-corrected chi connectivity index (χ3v) is 2.52. The van der Waals surface area contributed by atoms with E-state index in [1.807, 2.05) is 37.4 Å². The molecule has 82 valence electrons. The highest BCUT2D eigenvalue weighted by molar-refractivity contribution is 6.33. The van der Waals surface area contributed by atoms with Crippen LogP contribution in [-0.4, -0.2) is 17.0 Å². The van der Waals surface area contributed by atoms with E-state index in [4.69, 9.17) is 11.6 Å². The molecule has 1 N–H and O–H groups in total. The van der Waals surface area contributed by atoms with Crippen molar-refractivity contribution in [1.82, 2.24) is 15.3 Å². The molecule has 1 aromatic heterocycles. The SMILES string of the molecule is CNCc1ccnc(-c2ccccc2Cl)n1. The molecule has 0 aliphatic rings. The average Bonchev–Trinajstić information content (AvgIpc) is 2.30. The Morgan fingerprint density at radius 1 is 1.25 bits per heavy atom. The van der Waals surface area contributed by atoms with Crippen molar-refractivity contribution in [3.8, 4) is 11.4 Å². The highest BCUT2D eigenvalue weighted by Crippen LogP contribution is 2.24. The van der Waals surface area contributed by atoms with E-state index in [-0.39, 0.29) is 0 Å². The van der Waals surface area contributed by atoms with E-state index >= 15 is 0 Å². The van der Waals surface area contributed by atoms with Crippen LogP contribution < -0.4 is 5.32 Å². The smallest absolute Gasteiger partial charge is 0.160 e. The Hall–Kier alpha value is -1.45. The summed E-state index contributed by atoms with van der Waals surface area (Å²) in [4.78, 5) is 8.66. The van der Waals surface area contributed by atoms with Crippen molar-refractivity contribution in [1.29, 1.82) is 0 Å². The normalized spacial score (nSPS) is 10.4. The molecular weight excluding hydrogens is 222 g/mol. The summed E-state index contributed by atoms with van der Waals surface area (Å²) >= 11 is 6.09. The van der Waals surface area contributed by atoms with Crippen LogP contribution in [0.2, 0.25) is 5.02 Å². The summed E-state index contributed by atoms with van der Waals surface area (Å²) in [5, 5.41) is 3.72. The molecule has 0 atom stereocenters. The second kappa shape index (κ2) is 5.05. The monoisotopic (exact) mass is 233 g/mol. The molecule has 0 aliphatic carbocycles. The zero-order valence-corrected chi connectivity index (χ0v) is 9.70. The highest BCUT2D eigenvalue weighted by atomic mass is 35.5. The summed E-state index contributed by atoms with van der Waals surface area (Å²) in [6.07, 6.45) is 1.75. The molecule has 0 unspecified atom stereocenters. The standard InChI is InChI=1S/C12H12ClN3/c1-14-8-9-6-7-15-12(16-9)10-4-2-3-5-11(10)13/h2-7,14H,8H2,1H3. The molecule has 16 heavy (non-hydrogen) atoms. The third kappa shape index (κ3) is 2.38. The van der Waals surface area contributed by atoms with Gasteiger partial charge in [0.15, 0.2) is 5.82 Å². The zero-order chi connectivity index (χ0) is 11.4. The Labute approximate surface area is 99.5 Å². The molecule has 0 aliphatic heterocycles. The molecule has 0 saturated carbocycles. The predicted octanol–water partition coefficient (Wildman–Crippen LogP) is 2.52. The fraction of sp³-hybridized carbons (Fsp3) is 0.167. The highest BCUT2D eigenvalue weighted by Gasteiger charge is 2.05. The van der Waals surface area contributed by atoms with Gasteiger partial charge in [0.2, 0.25) is 0 Å². The van der Waals surface area contributed by atoms with E-state index in [9.17, 15) is 0 Å². The molecule has 2 rings (SSSR count). The van der Waals surface area contributed by atoms with Gasteiger partial charge in [-0.1, -0.05) is 23.7 Å². The molecule has 1 heterocycles. The number of aromatic nitrogens is 2. The fourth-order valence-corrected chi connectivity index (χ4v) is 1.67. The maximum absolute atomic E-state index is 6.09. The molecule has 0 amide bonds. The van der Waals surface area contributed by atoms with Crippen LogP contribution >= 0.6 is 11.6 Å². The maximum atomic E-state index is 6.09. The minimum absolute atomic E-state index is 0.665. The summed E-state index contributed by atoms with van der Waals surface area (Å²) in [5.74, 6) is 0.665. The van der Waals surface area contributed by atoms with Crippen molar-refractivity contribution in [2.75, 3.05) is 7.05 Å².